The van der Waals surface area contributed by atoms with Crippen molar-refractivity contribution in [3.63, 3.8) is 0 Å². The molecule has 1 amide bonds. The highest BCUT2D eigenvalue weighted by molar-refractivity contribution is 7.89. The smallest absolute Gasteiger partial charge is 0.260 e. The largest absolute Gasteiger partial charge is 0.305 e. The maximum Gasteiger partial charge on any atom is 0.260 e. The van der Waals surface area contributed by atoms with Crippen LogP contribution in [-0.2, 0) is 16.4 Å². The van der Waals surface area contributed by atoms with Gasteiger partial charge in [0.2, 0.25) is 10.0 Å². The summed E-state index contributed by atoms with van der Waals surface area (Å²) in [6.45, 7) is 8.74. The maximum atomic E-state index is 13.6. The minimum Gasteiger partial charge on any atom is -0.305 e. The van der Waals surface area contributed by atoms with Gasteiger partial charge in [0.1, 0.15) is 0 Å². The van der Waals surface area contributed by atoms with Crippen molar-refractivity contribution in [2.24, 2.45) is 0 Å². The van der Waals surface area contributed by atoms with Crippen molar-refractivity contribution in [1.82, 2.24) is 4.31 Å². The first-order chi connectivity index (χ1) is 17.3. The van der Waals surface area contributed by atoms with Crippen LogP contribution in [0.3, 0.4) is 0 Å². The Balaban J connectivity index is 0.00000176. The molecule has 3 aromatic carbocycles. The van der Waals surface area contributed by atoms with E-state index in [1.165, 1.54) is 4.31 Å². The summed E-state index contributed by atoms with van der Waals surface area (Å²) in [7, 11) is -3.58. The first-order valence-electron chi connectivity index (χ1n) is 12.5. The van der Waals surface area contributed by atoms with Gasteiger partial charge in [0.15, 0.2) is 0 Å². The van der Waals surface area contributed by atoms with Crippen LogP contribution in [0, 0.1) is 6.92 Å². The molecule has 1 saturated heterocycles. The van der Waals surface area contributed by atoms with Gasteiger partial charge in [0.05, 0.1) is 15.5 Å². The molecule has 1 aliphatic heterocycles. The normalized spacial score (nSPS) is 14.6. The second kappa shape index (κ2) is 12.5. The zero-order valence-corrected chi connectivity index (χ0v) is 23.0. The predicted molar refractivity (Wildman–Crippen MR) is 148 cm³/mol. The Hall–Kier alpha value is -2.67. The number of carbonyl (C=O) groups excluding carboxylic acids is 1. The standard InChI is InChI=1S/C27H29ClN2O3S.C2H6/c1-3-21-10-14-24(15-11-21)34(32,33)29-18-16-23(17-19-29)30(22-12-8-20(2)9-13-22)27(31)25-6-4-5-7-26(25)28;1-2/h4-15,23H,3,16-19H2,1-2H3;1-2H3. The Morgan fingerprint density at radius 3 is 2.08 bits per heavy atom. The molecule has 0 aliphatic carbocycles. The van der Waals surface area contributed by atoms with E-state index in [9.17, 15) is 13.2 Å². The van der Waals surface area contributed by atoms with Gasteiger partial charge in [-0.1, -0.05) is 74.3 Å². The number of nitrogens with zero attached hydrogens (tertiary/aromatic N) is 2. The van der Waals surface area contributed by atoms with E-state index in [-0.39, 0.29) is 11.9 Å². The number of sulfonamides is 1. The molecule has 192 valence electrons. The van der Waals surface area contributed by atoms with Gasteiger partial charge >= 0.3 is 0 Å². The topological polar surface area (TPSA) is 57.7 Å². The Kier molecular flexibility index (Phi) is 9.71. The Morgan fingerprint density at radius 2 is 1.53 bits per heavy atom. The molecule has 0 spiro atoms. The molecule has 1 fully saturated rings. The Labute approximate surface area is 220 Å². The van der Waals surface area contributed by atoms with E-state index in [0.717, 1.165) is 23.2 Å². The van der Waals surface area contributed by atoms with E-state index in [0.29, 0.717) is 41.4 Å². The van der Waals surface area contributed by atoms with Gasteiger partial charge in [0.25, 0.3) is 5.91 Å². The number of aryl methyl sites for hydroxylation is 2. The Morgan fingerprint density at radius 1 is 0.944 bits per heavy atom. The molecule has 0 unspecified atom stereocenters. The summed E-state index contributed by atoms with van der Waals surface area (Å²) >= 11 is 6.35. The number of anilines is 1. The summed E-state index contributed by atoms with van der Waals surface area (Å²) < 4.78 is 27.9. The molecule has 7 heteroatoms. The van der Waals surface area contributed by atoms with Crippen LogP contribution in [0.1, 0.15) is 55.1 Å². The fourth-order valence-electron chi connectivity index (χ4n) is 4.35. The molecular formula is C29H35ClN2O3S. The van der Waals surface area contributed by atoms with Gasteiger partial charge in [-0.05, 0) is 68.1 Å². The quantitative estimate of drug-likeness (QED) is 0.357. The predicted octanol–water partition coefficient (Wildman–Crippen LogP) is 6.74. The zero-order chi connectivity index (χ0) is 26.3. The summed E-state index contributed by atoms with van der Waals surface area (Å²) in [6.07, 6.45) is 1.94. The second-order valence-electron chi connectivity index (χ2n) is 8.62. The molecule has 0 saturated carbocycles. The average Bonchev–Trinajstić information content (AvgIpc) is 2.91. The number of amides is 1. The minimum atomic E-state index is -3.58. The summed E-state index contributed by atoms with van der Waals surface area (Å²) in [5, 5.41) is 0.403. The highest BCUT2D eigenvalue weighted by Gasteiger charge is 2.34. The van der Waals surface area contributed by atoms with Crippen molar-refractivity contribution < 1.29 is 13.2 Å². The lowest BCUT2D eigenvalue weighted by atomic mass is 10.0. The van der Waals surface area contributed by atoms with E-state index in [1.807, 2.05) is 64.1 Å². The highest BCUT2D eigenvalue weighted by atomic mass is 35.5. The molecule has 0 atom stereocenters. The molecule has 4 rings (SSSR count). The fraction of sp³-hybridized carbons (Fsp3) is 0.345. The second-order valence-corrected chi connectivity index (χ2v) is 11.0. The van der Waals surface area contributed by atoms with E-state index >= 15 is 0 Å². The van der Waals surface area contributed by atoms with E-state index < -0.39 is 10.0 Å². The third-order valence-corrected chi connectivity index (χ3v) is 8.64. The lowest BCUT2D eigenvalue weighted by molar-refractivity contribution is 0.0968. The number of carbonyl (C=O) groups is 1. The van der Waals surface area contributed by atoms with Crippen molar-refractivity contribution in [2.45, 2.75) is 57.9 Å². The highest BCUT2D eigenvalue weighted by Crippen LogP contribution is 2.30. The fourth-order valence-corrected chi connectivity index (χ4v) is 6.04. The SMILES string of the molecule is CC.CCc1ccc(S(=O)(=O)N2CCC(N(C(=O)c3ccccc3Cl)c3ccc(C)cc3)CC2)cc1. The molecular weight excluding hydrogens is 492 g/mol. The van der Waals surface area contributed by atoms with Crippen LogP contribution >= 0.6 is 11.6 Å². The number of hydrogen-bond acceptors (Lipinski definition) is 3. The first-order valence-corrected chi connectivity index (χ1v) is 14.4. The van der Waals surface area contributed by atoms with Gasteiger partial charge in [-0.25, -0.2) is 8.42 Å². The summed E-state index contributed by atoms with van der Waals surface area (Å²) in [5.74, 6) is -0.175. The monoisotopic (exact) mass is 526 g/mol. The Bertz CT molecular complexity index is 1250. The third kappa shape index (κ3) is 6.17. The summed E-state index contributed by atoms with van der Waals surface area (Å²) in [5.41, 5.74) is 3.43. The van der Waals surface area contributed by atoms with E-state index in [4.69, 9.17) is 11.6 Å². The summed E-state index contributed by atoms with van der Waals surface area (Å²) in [4.78, 5) is 15.7. The van der Waals surface area contributed by atoms with E-state index in [2.05, 4.69) is 0 Å². The van der Waals surface area contributed by atoms with E-state index in [1.54, 1.807) is 41.3 Å². The third-order valence-electron chi connectivity index (χ3n) is 6.39. The zero-order valence-electron chi connectivity index (χ0n) is 21.4. The van der Waals surface area contributed by atoms with Gasteiger partial charge in [-0.15, -0.1) is 0 Å². The molecule has 0 aromatic heterocycles. The van der Waals surface area contributed by atoms with Crippen LogP contribution in [0.5, 0.6) is 0 Å². The first kappa shape index (κ1) is 27.9. The van der Waals surface area contributed by atoms with Crippen LogP contribution in [0.2, 0.25) is 5.02 Å². The molecule has 5 nitrogen and oxygen atoms in total. The van der Waals surface area contributed by atoms with Crippen LogP contribution in [0.4, 0.5) is 5.69 Å². The molecule has 1 heterocycles. The van der Waals surface area contributed by atoms with Gasteiger partial charge in [0, 0.05) is 24.8 Å². The van der Waals surface area contributed by atoms with Gasteiger partial charge in [-0.3, -0.25) is 4.79 Å². The number of rotatable bonds is 6. The number of benzene rings is 3. The van der Waals surface area contributed by atoms with Crippen LogP contribution in [-0.4, -0.2) is 37.8 Å². The van der Waals surface area contributed by atoms with Crippen LogP contribution < -0.4 is 4.90 Å². The molecule has 1 aliphatic rings. The van der Waals surface area contributed by atoms with Crippen molar-refractivity contribution >= 4 is 33.2 Å². The van der Waals surface area contributed by atoms with Crippen molar-refractivity contribution in [2.75, 3.05) is 18.0 Å². The van der Waals surface area contributed by atoms with Crippen molar-refractivity contribution in [3.05, 3.63) is 94.5 Å². The maximum absolute atomic E-state index is 13.6. The van der Waals surface area contributed by atoms with Crippen molar-refractivity contribution in [3.8, 4) is 0 Å². The molecule has 36 heavy (non-hydrogen) atoms. The molecule has 0 N–H and O–H groups in total. The molecule has 3 aromatic rings. The lowest BCUT2D eigenvalue weighted by Gasteiger charge is -2.38. The lowest BCUT2D eigenvalue weighted by Crippen LogP contribution is -2.49. The van der Waals surface area contributed by atoms with Gasteiger partial charge < -0.3 is 4.90 Å². The number of hydrogen-bond donors (Lipinski definition) is 0. The van der Waals surface area contributed by atoms with Gasteiger partial charge in [-0.2, -0.15) is 4.31 Å². The minimum absolute atomic E-state index is 0.139. The van der Waals surface area contributed by atoms with Crippen molar-refractivity contribution in [1.29, 1.82) is 0 Å². The summed E-state index contributed by atoms with van der Waals surface area (Å²) in [6, 6.07) is 21.8. The average molecular weight is 527 g/mol. The number of piperidine rings is 1. The van der Waals surface area contributed by atoms with Crippen LogP contribution in [0.15, 0.2) is 77.7 Å². The number of halogens is 1. The van der Waals surface area contributed by atoms with Crippen LogP contribution in [0.25, 0.3) is 0 Å². The molecule has 0 bridgehead atoms. The molecule has 0 radical (unpaired) electrons.